The zero-order valence-electron chi connectivity index (χ0n) is 19.6. The summed E-state index contributed by atoms with van der Waals surface area (Å²) in [5.74, 6) is 6.47. The van der Waals surface area contributed by atoms with Crippen LogP contribution in [0.3, 0.4) is 0 Å². The first-order valence-electron chi connectivity index (χ1n) is 12.2. The third kappa shape index (κ3) is 4.91. The van der Waals surface area contributed by atoms with Gasteiger partial charge in [-0.3, -0.25) is 4.90 Å². The second-order valence-corrected chi connectivity index (χ2v) is 11.1. The van der Waals surface area contributed by atoms with Crippen LogP contribution in [0.2, 0.25) is 0 Å². The summed E-state index contributed by atoms with van der Waals surface area (Å²) < 4.78 is 28.4. The first kappa shape index (κ1) is 23.8. The first-order chi connectivity index (χ1) is 17.1. The molecule has 2 saturated heterocycles. The van der Waals surface area contributed by atoms with Crippen molar-refractivity contribution in [2.45, 2.75) is 35.7 Å². The third-order valence-corrected chi connectivity index (χ3v) is 9.01. The van der Waals surface area contributed by atoms with Gasteiger partial charge in [0.15, 0.2) is 0 Å². The van der Waals surface area contributed by atoms with Crippen LogP contribution in [0.25, 0.3) is 0 Å². The molecule has 5 rings (SSSR count). The summed E-state index contributed by atoms with van der Waals surface area (Å²) in [5.41, 5.74) is 3.02. The second-order valence-electron chi connectivity index (χ2n) is 9.20. The van der Waals surface area contributed by atoms with Crippen molar-refractivity contribution in [2.75, 3.05) is 26.2 Å². The molecule has 0 amide bonds. The molecule has 2 aliphatic heterocycles. The molecule has 180 valence electrons. The minimum Gasteiger partial charge on any atom is -0.395 e. The summed E-state index contributed by atoms with van der Waals surface area (Å²) >= 11 is 0. The number of rotatable bonds is 4. The molecule has 2 aliphatic rings. The van der Waals surface area contributed by atoms with E-state index in [9.17, 15) is 13.5 Å². The number of benzene rings is 3. The van der Waals surface area contributed by atoms with Crippen LogP contribution < -0.4 is 0 Å². The molecule has 0 aromatic heterocycles. The van der Waals surface area contributed by atoms with Gasteiger partial charge in [0.1, 0.15) is 0 Å². The predicted molar refractivity (Wildman–Crippen MR) is 137 cm³/mol. The van der Waals surface area contributed by atoms with Crippen LogP contribution in [0.4, 0.5) is 0 Å². The monoisotopic (exact) mass is 486 g/mol. The molecular weight excluding hydrogens is 456 g/mol. The maximum Gasteiger partial charge on any atom is 0.243 e. The van der Waals surface area contributed by atoms with E-state index in [2.05, 4.69) is 28.9 Å². The van der Waals surface area contributed by atoms with Crippen molar-refractivity contribution in [2.24, 2.45) is 0 Å². The molecule has 3 aromatic rings. The molecule has 0 saturated carbocycles. The SMILES string of the molecule is O=S(=O)(c1ccccc1)N1CCCCN2[C@@H](CO)[C@H](c3ccc(C#Cc4ccccc4)cc3)[C@@H]2C1. The summed E-state index contributed by atoms with van der Waals surface area (Å²) in [6, 6.07) is 26.8. The highest BCUT2D eigenvalue weighted by Gasteiger charge is 2.50. The molecule has 6 heteroatoms. The van der Waals surface area contributed by atoms with Crippen LogP contribution in [0, 0.1) is 11.8 Å². The molecule has 2 heterocycles. The Bertz CT molecular complexity index is 1300. The van der Waals surface area contributed by atoms with Gasteiger partial charge < -0.3 is 5.11 Å². The molecule has 3 aromatic carbocycles. The number of aliphatic hydroxyl groups is 1. The van der Waals surface area contributed by atoms with Gasteiger partial charge >= 0.3 is 0 Å². The van der Waals surface area contributed by atoms with Crippen LogP contribution >= 0.6 is 0 Å². The number of aliphatic hydroxyl groups excluding tert-OH is 1. The fraction of sp³-hybridized carbons (Fsp3) is 0.310. The van der Waals surface area contributed by atoms with E-state index in [1.807, 2.05) is 48.5 Å². The van der Waals surface area contributed by atoms with E-state index < -0.39 is 10.0 Å². The van der Waals surface area contributed by atoms with Crippen LogP contribution in [0.5, 0.6) is 0 Å². The Morgan fingerprint density at radius 2 is 1.40 bits per heavy atom. The minimum atomic E-state index is -3.57. The topological polar surface area (TPSA) is 60.9 Å². The van der Waals surface area contributed by atoms with Crippen molar-refractivity contribution in [3.05, 3.63) is 102 Å². The second kappa shape index (κ2) is 10.3. The minimum absolute atomic E-state index is 0.000585. The zero-order chi connectivity index (χ0) is 24.3. The Labute approximate surface area is 208 Å². The molecular formula is C29H30N2O3S. The lowest BCUT2D eigenvalue weighted by atomic mass is 9.74. The first-order valence-corrected chi connectivity index (χ1v) is 13.6. The molecule has 0 unspecified atom stereocenters. The fourth-order valence-corrected chi connectivity index (χ4v) is 6.84. The molecule has 1 N–H and O–H groups in total. The van der Waals surface area contributed by atoms with Gasteiger partial charge in [-0.2, -0.15) is 4.31 Å². The largest absolute Gasteiger partial charge is 0.395 e. The van der Waals surface area contributed by atoms with Crippen molar-refractivity contribution in [3.63, 3.8) is 0 Å². The predicted octanol–water partition coefficient (Wildman–Crippen LogP) is 3.70. The van der Waals surface area contributed by atoms with E-state index >= 15 is 0 Å². The lowest BCUT2D eigenvalue weighted by Crippen LogP contribution is -2.67. The normalized spacial score (nSPS) is 23.2. The van der Waals surface area contributed by atoms with Gasteiger partial charge in [-0.1, -0.05) is 60.4 Å². The van der Waals surface area contributed by atoms with Crippen molar-refractivity contribution in [3.8, 4) is 11.8 Å². The molecule has 0 aliphatic carbocycles. The quantitative estimate of drug-likeness (QED) is 0.572. The summed E-state index contributed by atoms with van der Waals surface area (Å²) in [6.45, 7) is 1.88. The number of sulfonamides is 1. The molecule has 2 fully saturated rings. The van der Waals surface area contributed by atoms with Gasteiger partial charge in [-0.15, -0.1) is 0 Å². The highest BCUT2D eigenvalue weighted by molar-refractivity contribution is 7.89. The summed E-state index contributed by atoms with van der Waals surface area (Å²) in [7, 11) is -3.57. The van der Waals surface area contributed by atoms with Gasteiger partial charge in [0.2, 0.25) is 10.0 Å². The van der Waals surface area contributed by atoms with Crippen molar-refractivity contribution >= 4 is 10.0 Å². The van der Waals surface area contributed by atoms with Crippen LogP contribution in [-0.2, 0) is 10.0 Å². The zero-order valence-corrected chi connectivity index (χ0v) is 20.4. The van der Waals surface area contributed by atoms with Gasteiger partial charge in [-0.05, 0) is 61.3 Å². The lowest BCUT2D eigenvalue weighted by molar-refractivity contribution is -0.0553. The Kier molecular flexibility index (Phi) is 7.03. The van der Waals surface area contributed by atoms with E-state index in [0.717, 1.165) is 36.1 Å². The van der Waals surface area contributed by atoms with Crippen LogP contribution in [-0.4, -0.2) is 61.1 Å². The number of fused-ring (bicyclic) bond motifs is 1. The fourth-order valence-electron chi connectivity index (χ4n) is 5.32. The maximum absolute atomic E-state index is 13.4. The van der Waals surface area contributed by atoms with E-state index in [-0.39, 0.29) is 24.6 Å². The molecule has 0 radical (unpaired) electrons. The van der Waals surface area contributed by atoms with Crippen molar-refractivity contribution in [1.82, 2.24) is 9.21 Å². The van der Waals surface area contributed by atoms with Gasteiger partial charge in [0.25, 0.3) is 0 Å². The number of hydrogen-bond acceptors (Lipinski definition) is 4. The van der Waals surface area contributed by atoms with Crippen molar-refractivity contribution < 1.29 is 13.5 Å². The van der Waals surface area contributed by atoms with Crippen molar-refractivity contribution in [1.29, 1.82) is 0 Å². The van der Waals surface area contributed by atoms with Crippen LogP contribution in [0.1, 0.15) is 35.4 Å². The van der Waals surface area contributed by atoms with E-state index in [0.29, 0.717) is 18.0 Å². The Balaban J connectivity index is 1.38. The number of hydrogen-bond donors (Lipinski definition) is 1. The van der Waals surface area contributed by atoms with E-state index in [1.54, 1.807) is 28.6 Å². The highest BCUT2D eigenvalue weighted by atomic mass is 32.2. The average molecular weight is 487 g/mol. The molecule has 0 spiro atoms. The van der Waals surface area contributed by atoms with E-state index in [1.165, 1.54) is 0 Å². The Morgan fingerprint density at radius 1 is 0.800 bits per heavy atom. The third-order valence-electron chi connectivity index (χ3n) is 7.13. The molecule has 0 bridgehead atoms. The highest BCUT2D eigenvalue weighted by Crippen LogP contribution is 2.42. The van der Waals surface area contributed by atoms with E-state index in [4.69, 9.17) is 0 Å². The average Bonchev–Trinajstić information content (AvgIpc) is 2.88. The Morgan fingerprint density at radius 3 is 2.06 bits per heavy atom. The summed E-state index contributed by atoms with van der Waals surface area (Å²) in [6.07, 6.45) is 1.72. The molecule has 3 atom stereocenters. The standard InChI is InChI=1S/C29H30N2O3S/c32-22-28-29(25-17-15-24(16-18-25)14-13-23-9-3-1-4-10-23)27-21-30(19-7-8-20-31(27)28)35(33,34)26-11-5-2-6-12-26/h1-6,9-12,15-18,27-29,32H,7-8,19-22H2/t27-,28-,29+/m0/s1. The molecule has 35 heavy (non-hydrogen) atoms. The Hall–Kier alpha value is -2.95. The summed E-state index contributed by atoms with van der Waals surface area (Å²) in [5, 5.41) is 10.2. The van der Waals surface area contributed by atoms with Crippen LogP contribution in [0.15, 0.2) is 89.8 Å². The van der Waals surface area contributed by atoms with Gasteiger partial charge in [-0.25, -0.2) is 8.42 Å². The smallest absolute Gasteiger partial charge is 0.243 e. The molecule has 5 nitrogen and oxygen atoms in total. The summed E-state index contributed by atoms with van der Waals surface area (Å²) in [4.78, 5) is 2.63. The maximum atomic E-state index is 13.4. The lowest BCUT2D eigenvalue weighted by Gasteiger charge is -2.57. The van der Waals surface area contributed by atoms with Gasteiger partial charge in [0, 0.05) is 42.2 Å². The number of nitrogens with zero attached hydrogens (tertiary/aromatic N) is 2. The van der Waals surface area contributed by atoms with Gasteiger partial charge in [0.05, 0.1) is 11.5 Å².